The molecule has 0 aliphatic heterocycles. The van der Waals surface area contributed by atoms with E-state index in [0.29, 0.717) is 0 Å². The van der Waals surface area contributed by atoms with Crippen molar-refractivity contribution in [2.75, 3.05) is 7.11 Å². The lowest BCUT2D eigenvalue weighted by Gasteiger charge is -2.07. The Kier molecular flexibility index (Phi) is 3.37. The van der Waals surface area contributed by atoms with Gasteiger partial charge in [0.2, 0.25) is 0 Å². The second kappa shape index (κ2) is 4.96. The van der Waals surface area contributed by atoms with Crippen LogP contribution in [-0.2, 0) is 0 Å². The first-order valence-electron chi connectivity index (χ1n) is 5.25. The van der Waals surface area contributed by atoms with Gasteiger partial charge in [0, 0.05) is 5.56 Å². The third-order valence-electron chi connectivity index (χ3n) is 2.51. The van der Waals surface area contributed by atoms with Crippen LogP contribution in [0.3, 0.4) is 0 Å². The molecule has 2 nitrogen and oxygen atoms in total. The van der Waals surface area contributed by atoms with Gasteiger partial charge in [-0.1, -0.05) is 0 Å². The molecule has 92 valence electrons. The van der Waals surface area contributed by atoms with Crippen molar-refractivity contribution in [3.05, 3.63) is 65.2 Å². The van der Waals surface area contributed by atoms with Crippen LogP contribution < -0.4 is 4.74 Å². The van der Waals surface area contributed by atoms with Crippen LogP contribution in [0, 0.1) is 11.6 Å². The molecule has 2 rings (SSSR count). The zero-order valence-corrected chi connectivity index (χ0v) is 9.61. The zero-order valence-electron chi connectivity index (χ0n) is 9.61. The molecular formula is C14H10F2O2. The van der Waals surface area contributed by atoms with Crippen molar-refractivity contribution in [3.63, 3.8) is 0 Å². The summed E-state index contributed by atoms with van der Waals surface area (Å²) in [5, 5.41) is 0. The number of carbonyl (C=O) groups is 1. The fourth-order valence-electron chi connectivity index (χ4n) is 1.61. The Morgan fingerprint density at radius 3 is 2.22 bits per heavy atom. The molecule has 0 atom stereocenters. The number of halogens is 2. The number of rotatable bonds is 3. The van der Waals surface area contributed by atoms with E-state index >= 15 is 0 Å². The molecule has 0 unspecified atom stereocenters. The van der Waals surface area contributed by atoms with E-state index in [4.69, 9.17) is 4.74 Å². The van der Waals surface area contributed by atoms with Gasteiger partial charge in [-0.05, 0) is 42.5 Å². The number of methoxy groups -OCH3 is 1. The largest absolute Gasteiger partial charge is 0.496 e. The highest BCUT2D eigenvalue weighted by Crippen LogP contribution is 2.22. The Hall–Kier alpha value is -2.23. The lowest BCUT2D eigenvalue weighted by molar-refractivity contribution is 0.103. The van der Waals surface area contributed by atoms with Crippen molar-refractivity contribution >= 4 is 5.78 Å². The lowest BCUT2D eigenvalue weighted by atomic mass is 10.0. The molecule has 0 fully saturated rings. The second-order valence-corrected chi connectivity index (χ2v) is 3.68. The summed E-state index contributed by atoms with van der Waals surface area (Å²) in [6.07, 6.45) is 0. The maximum absolute atomic E-state index is 13.2. The van der Waals surface area contributed by atoms with Gasteiger partial charge in [-0.2, -0.15) is 0 Å². The average molecular weight is 248 g/mol. The number of hydrogen-bond acceptors (Lipinski definition) is 2. The molecule has 2 aromatic rings. The first-order valence-corrected chi connectivity index (χ1v) is 5.25. The quantitative estimate of drug-likeness (QED) is 0.780. The van der Waals surface area contributed by atoms with Crippen molar-refractivity contribution in [3.8, 4) is 5.75 Å². The molecule has 0 spiro atoms. The molecule has 0 aromatic heterocycles. The summed E-state index contributed by atoms with van der Waals surface area (Å²) >= 11 is 0. The summed E-state index contributed by atoms with van der Waals surface area (Å²) in [7, 11) is 1.40. The van der Waals surface area contributed by atoms with E-state index in [-0.39, 0.29) is 16.9 Å². The van der Waals surface area contributed by atoms with Gasteiger partial charge in [-0.15, -0.1) is 0 Å². The average Bonchev–Trinajstić information content (AvgIpc) is 2.39. The van der Waals surface area contributed by atoms with Gasteiger partial charge in [0.1, 0.15) is 17.4 Å². The summed E-state index contributed by atoms with van der Waals surface area (Å²) in [6.45, 7) is 0. The number of carbonyl (C=O) groups excluding carboxylic acids is 1. The molecule has 18 heavy (non-hydrogen) atoms. The minimum atomic E-state index is -0.527. The molecule has 0 aliphatic carbocycles. The Balaban J connectivity index is 2.45. The zero-order chi connectivity index (χ0) is 13.1. The van der Waals surface area contributed by atoms with Crippen LogP contribution in [0.25, 0.3) is 0 Å². The minimum Gasteiger partial charge on any atom is -0.496 e. The van der Waals surface area contributed by atoms with Gasteiger partial charge in [0.15, 0.2) is 5.78 Å². The normalized spacial score (nSPS) is 10.2. The van der Waals surface area contributed by atoms with Crippen LogP contribution >= 0.6 is 0 Å². The Labute approximate surface area is 103 Å². The van der Waals surface area contributed by atoms with E-state index in [1.807, 2.05) is 0 Å². The highest BCUT2D eigenvalue weighted by Gasteiger charge is 2.15. The first-order chi connectivity index (χ1) is 8.61. The molecule has 2 aromatic carbocycles. The third kappa shape index (κ3) is 2.37. The van der Waals surface area contributed by atoms with Gasteiger partial charge in [-0.25, -0.2) is 8.78 Å². The second-order valence-electron chi connectivity index (χ2n) is 3.68. The van der Waals surface area contributed by atoms with Crippen LogP contribution in [-0.4, -0.2) is 12.9 Å². The molecule has 0 amide bonds. The van der Waals surface area contributed by atoms with Crippen LogP contribution in [0.1, 0.15) is 15.9 Å². The van der Waals surface area contributed by atoms with Crippen LogP contribution in [0.15, 0.2) is 42.5 Å². The van der Waals surface area contributed by atoms with Crippen molar-refractivity contribution in [2.45, 2.75) is 0 Å². The summed E-state index contributed by atoms with van der Waals surface area (Å²) in [5.41, 5.74) is 0.393. The van der Waals surface area contributed by atoms with E-state index < -0.39 is 17.4 Å². The van der Waals surface area contributed by atoms with Crippen molar-refractivity contribution in [1.29, 1.82) is 0 Å². The van der Waals surface area contributed by atoms with Gasteiger partial charge >= 0.3 is 0 Å². The Bertz CT molecular complexity index is 577. The predicted octanol–water partition coefficient (Wildman–Crippen LogP) is 3.20. The molecule has 0 aliphatic rings. The van der Waals surface area contributed by atoms with E-state index in [2.05, 4.69) is 0 Å². The van der Waals surface area contributed by atoms with Gasteiger partial charge in [0.05, 0.1) is 12.7 Å². The number of ketones is 1. The van der Waals surface area contributed by atoms with Crippen molar-refractivity contribution in [2.24, 2.45) is 0 Å². The number of ether oxygens (including phenoxy) is 1. The van der Waals surface area contributed by atoms with Gasteiger partial charge < -0.3 is 4.74 Å². The topological polar surface area (TPSA) is 26.3 Å². The maximum atomic E-state index is 13.2. The fourth-order valence-corrected chi connectivity index (χ4v) is 1.61. The highest BCUT2D eigenvalue weighted by atomic mass is 19.1. The van der Waals surface area contributed by atoms with Crippen LogP contribution in [0.4, 0.5) is 8.78 Å². The highest BCUT2D eigenvalue weighted by molar-refractivity contribution is 6.10. The lowest BCUT2D eigenvalue weighted by Crippen LogP contribution is -2.04. The molecule has 0 radical (unpaired) electrons. The summed E-state index contributed by atoms with van der Waals surface area (Å²) < 4.78 is 30.9. The Morgan fingerprint density at radius 1 is 1.00 bits per heavy atom. The van der Waals surface area contributed by atoms with Crippen molar-refractivity contribution in [1.82, 2.24) is 0 Å². The fraction of sp³-hybridized carbons (Fsp3) is 0.0714. The monoisotopic (exact) mass is 248 g/mol. The van der Waals surface area contributed by atoms with Crippen molar-refractivity contribution < 1.29 is 18.3 Å². The smallest absolute Gasteiger partial charge is 0.196 e. The molecule has 0 bridgehead atoms. The standard InChI is InChI=1S/C14H10F2O2/c1-18-13-7-6-11(16)8-12(13)14(17)9-2-4-10(15)5-3-9/h2-8H,1H3. The van der Waals surface area contributed by atoms with E-state index in [1.165, 1.54) is 43.5 Å². The first kappa shape index (κ1) is 12.2. The third-order valence-corrected chi connectivity index (χ3v) is 2.51. The van der Waals surface area contributed by atoms with E-state index in [1.54, 1.807) is 0 Å². The summed E-state index contributed by atoms with van der Waals surface area (Å²) in [6, 6.07) is 8.75. The Morgan fingerprint density at radius 2 is 1.61 bits per heavy atom. The van der Waals surface area contributed by atoms with Gasteiger partial charge in [-0.3, -0.25) is 4.79 Å². The van der Waals surface area contributed by atoms with Gasteiger partial charge in [0.25, 0.3) is 0 Å². The minimum absolute atomic E-state index is 0.115. The molecule has 0 N–H and O–H groups in total. The number of benzene rings is 2. The maximum Gasteiger partial charge on any atom is 0.196 e. The molecule has 0 saturated heterocycles. The molecule has 4 heteroatoms. The van der Waals surface area contributed by atoms with E-state index in [9.17, 15) is 13.6 Å². The SMILES string of the molecule is COc1ccc(F)cc1C(=O)c1ccc(F)cc1. The molecular weight excluding hydrogens is 238 g/mol. The number of hydrogen-bond donors (Lipinski definition) is 0. The molecule has 0 heterocycles. The predicted molar refractivity (Wildman–Crippen MR) is 62.8 cm³/mol. The summed E-state index contributed by atoms with van der Waals surface area (Å²) in [5.74, 6) is -1.09. The molecule has 0 saturated carbocycles. The van der Waals surface area contributed by atoms with Crippen LogP contribution in [0.2, 0.25) is 0 Å². The van der Waals surface area contributed by atoms with Crippen LogP contribution in [0.5, 0.6) is 5.75 Å². The summed E-state index contributed by atoms with van der Waals surface area (Å²) in [4.78, 5) is 12.1. The van der Waals surface area contributed by atoms with E-state index in [0.717, 1.165) is 6.07 Å².